The van der Waals surface area contributed by atoms with Crippen molar-refractivity contribution < 1.29 is 0 Å². The average Bonchev–Trinajstić information content (AvgIpc) is 1.61. The highest BCUT2D eigenvalue weighted by Crippen LogP contribution is 2.05. The summed E-state index contributed by atoms with van der Waals surface area (Å²) in [5.74, 6) is 0. The first kappa shape index (κ1) is 11.3. The maximum absolute atomic E-state index is 9.34. The number of alkyl halides is 2. The van der Waals surface area contributed by atoms with Gasteiger partial charge in [-0.2, -0.15) is 4.91 Å². The van der Waals surface area contributed by atoms with Crippen molar-refractivity contribution in [3.8, 4) is 0 Å². The van der Waals surface area contributed by atoms with E-state index in [1.54, 1.807) is 0 Å². The Morgan fingerprint density at radius 2 is 2.00 bits per heavy atom. The van der Waals surface area contributed by atoms with Crippen LogP contribution in [0.15, 0.2) is 5.18 Å². The Bertz CT molecular complexity index is 58.5. The highest BCUT2D eigenvalue weighted by molar-refractivity contribution is 6.44. The fraction of sp³-hybridized carbons (Fsp3) is 1.00. The molecule has 0 aromatic carbocycles. The van der Waals surface area contributed by atoms with Gasteiger partial charge in [0.25, 0.3) is 0 Å². The van der Waals surface area contributed by atoms with Gasteiger partial charge in [0.15, 0.2) is 0 Å². The lowest BCUT2D eigenvalue weighted by Gasteiger charge is -1.89. The first-order chi connectivity index (χ1) is 3.27. The molecular weight excluding hydrogens is 172 g/mol. The van der Waals surface area contributed by atoms with Gasteiger partial charge in [-0.1, -0.05) is 5.18 Å². The predicted octanol–water partition coefficient (Wildman–Crippen LogP) is 2.37. The number of hydrogen-bond acceptors (Lipinski definition) is 2. The first-order valence-electron chi connectivity index (χ1n) is 1.84. The van der Waals surface area contributed by atoms with Gasteiger partial charge in [0.2, 0.25) is 0 Å². The fourth-order valence-corrected chi connectivity index (χ4v) is 0.345. The number of nitroso groups, excluding NO2 is 1. The van der Waals surface area contributed by atoms with Gasteiger partial charge in [0, 0.05) is 6.42 Å². The predicted molar refractivity (Wildman–Crippen MR) is 38.0 cm³/mol. The molecule has 0 aliphatic rings. The third-order valence-electron chi connectivity index (χ3n) is 0.439. The molecule has 0 atom stereocenters. The van der Waals surface area contributed by atoms with Crippen LogP contribution in [0.4, 0.5) is 0 Å². The van der Waals surface area contributed by atoms with Gasteiger partial charge in [0.05, 0.1) is 6.54 Å². The molecule has 0 radical (unpaired) electrons. The van der Waals surface area contributed by atoms with Gasteiger partial charge >= 0.3 is 0 Å². The molecule has 0 amide bonds. The smallest absolute Gasteiger partial charge is 0.109 e. The van der Waals surface area contributed by atoms with Gasteiger partial charge < -0.3 is 0 Å². The second-order valence-electron chi connectivity index (χ2n) is 1.03. The summed E-state index contributed by atoms with van der Waals surface area (Å²) < 4.78 is 0. The van der Waals surface area contributed by atoms with Crippen LogP contribution in [0, 0.1) is 4.91 Å². The molecule has 0 saturated heterocycles. The molecule has 0 aliphatic carbocycles. The molecule has 0 aromatic heterocycles. The first-order valence-corrected chi connectivity index (χ1v) is 2.72. The minimum Gasteiger partial charge on any atom is -0.151 e. The van der Waals surface area contributed by atoms with Crippen molar-refractivity contribution in [2.45, 2.75) is 11.3 Å². The number of rotatable bonds is 3. The van der Waals surface area contributed by atoms with Gasteiger partial charge in [-0.15, -0.1) is 35.6 Å². The van der Waals surface area contributed by atoms with Crippen LogP contribution in [-0.2, 0) is 0 Å². The standard InChI is InChI=1S/C3H5Cl2NO.ClH/c4-3(5)1-2-6-7;/h3H,1-2H2;1H. The molecule has 0 bridgehead atoms. The molecule has 5 heteroatoms. The maximum atomic E-state index is 9.34. The summed E-state index contributed by atoms with van der Waals surface area (Å²) in [6.07, 6.45) is 0.451. The summed E-state index contributed by atoms with van der Waals surface area (Å²) in [4.78, 5) is 8.90. The van der Waals surface area contributed by atoms with Crippen molar-refractivity contribution in [3.05, 3.63) is 4.91 Å². The molecule has 0 rings (SSSR count). The lowest BCUT2D eigenvalue weighted by molar-refractivity contribution is 0.898. The quantitative estimate of drug-likeness (QED) is 0.482. The van der Waals surface area contributed by atoms with Crippen LogP contribution in [0.3, 0.4) is 0 Å². The highest BCUT2D eigenvalue weighted by atomic mass is 35.5. The summed E-state index contributed by atoms with van der Waals surface area (Å²) in [6, 6.07) is 0. The Hall–Kier alpha value is 0.470. The Morgan fingerprint density at radius 1 is 1.50 bits per heavy atom. The van der Waals surface area contributed by atoms with Gasteiger partial charge in [-0.25, -0.2) is 0 Å². The minimum absolute atomic E-state index is 0. The number of nitrogens with zero attached hydrogens (tertiary/aromatic N) is 1. The van der Waals surface area contributed by atoms with E-state index >= 15 is 0 Å². The molecule has 0 fully saturated rings. The second kappa shape index (κ2) is 7.47. The van der Waals surface area contributed by atoms with E-state index in [1.165, 1.54) is 0 Å². The van der Waals surface area contributed by atoms with E-state index in [4.69, 9.17) is 23.2 Å². The Labute approximate surface area is 63.9 Å². The molecule has 0 heterocycles. The van der Waals surface area contributed by atoms with Crippen LogP contribution in [0.5, 0.6) is 0 Å². The van der Waals surface area contributed by atoms with E-state index in [0.717, 1.165) is 0 Å². The Balaban J connectivity index is 0. The van der Waals surface area contributed by atoms with E-state index in [-0.39, 0.29) is 19.0 Å². The van der Waals surface area contributed by atoms with Crippen LogP contribution in [-0.4, -0.2) is 11.4 Å². The largest absolute Gasteiger partial charge is 0.151 e. The zero-order chi connectivity index (χ0) is 5.70. The topological polar surface area (TPSA) is 29.4 Å². The molecule has 0 spiro atoms. The third kappa shape index (κ3) is 9.69. The molecule has 2 nitrogen and oxygen atoms in total. The Kier molecular flexibility index (Phi) is 10.5. The molecule has 8 heavy (non-hydrogen) atoms. The van der Waals surface area contributed by atoms with Crippen LogP contribution < -0.4 is 0 Å². The molecule has 50 valence electrons. The zero-order valence-corrected chi connectivity index (χ0v) is 6.34. The van der Waals surface area contributed by atoms with Crippen molar-refractivity contribution in [2.75, 3.05) is 6.54 Å². The zero-order valence-electron chi connectivity index (χ0n) is 4.01. The minimum atomic E-state index is -0.447. The SMILES string of the molecule is Cl.O=NCCC(Cl)Cl. The van der Waals surface area contributed by atoms with Crippen LogP contribution in [0.25, 0.3) is 0 Å². The van der Waals surface area contributed by atoms with E-state index in [1.807, 2.05) is 0 Å². The van der Waals surface area contributed by atoms with Crippen molar-refractivity contribution in [3.63, 3.8) is 0 Å². The van der Waals surface area contributed by atoms with E-state index in [0.29, 0.717) is 6.42 Å². The third-order valence-corrected chi connectivity index (χ3v) is 0.875. The molecule has 0 unspecified atom stereocenters. The van der Waals surface area contributed by atoms with E-state index in [9.17, 15) is 4.91 Å². The highest BCUT2D eigenvalue weighted by Gasteiger charge is 1.94. The maximum Gasteiger partial charge on any atom is 0.109 e. The lowest BCUT2D eigenvalue weighted by atomic mass is 10.5. The van der Waals surface area contributed by atoms with Gasteiger partial charge in [0.1, 0.15) is 4.84 Å². The summed E-state index contributed by atoms with van der Waals surface area (Å²) >= 11 is 10.4. The van der Waals surface area contributed by atoms with Crippen LogP contribution >= 0.6 is 35.6 Å². The van der Waals surface area contributed by atoms with Crippen molar-refractivity contribution in [2.24, 2.45) is 5.18 Å². The van der Waals surface area contributed by atoms with Crippen molar-refractivity contribution in [1.82, 2.24) is 0 Å². The normalized spacial score (nSPS) is 8.38. The molecule has 0 aliphatic heterocycles. The summed E-state index contributed by atoms with van der Waals surface area (Å²) in [5, 5.41) is 2.56. The van der Waals surface area contributed by atoms with Crippen molar-refractivity contribution >= 4 is 35.6 Å². The average molecular weight is 178 g/mol. The van der Waals surface area contributed by atoms with Crippen molar-refractivity contribution in [1.29, 1.82) is 0 Å². The number of halogens is 3. The monoisotopic (exact) mass is 177 g/mol. The van der Waals surface area contributed by atoms with Gasteiger partial charge in [-0.05, 0) is 0 Å². The van der Waals surface area contributed by atoms with Crippen LogP contribution in [0.1, 0.15) is 6.42 Å². The fourth-order valence-electron chi connectivity index (χ4n) is 0.150. The lowest BCUT2D eigenvalue weighted by Crippen LogP contribution is -1.87. The van der Waals surface area contributed by atoms with Gasteiger partial charge in [-0.3, -0.25) is 0 Å². The summed E-state index contributed by atoms with van der Waals surface area (Å²) in [5.41, 5.74) is 0. The summed E-state index contributed by atoms with van der Waals surface area (Å²) in [6.45, 7) is 0.206. The molecule has 0 saturated carbocycles. The second-order valence-corrected chi connectivity index (χ2v) is 2.31. The van der Waals surface area contributed by atoms with Crippen LogP contribution in [0.2, 0.25) is 0 Å². The summed E-state index contributed by atoms with van der Waals surface area (Å²) in [7, 11) is 0. The number of hydrogen-bond donors (Lipinski definition) is 0. The molecular formula is C3H6Cl3NO. The Morgan fingerprint density at radius 3 is 2.12 bits per heavy atom. The molecule has 0 N–H and O–H groups in total. The molecule has 0 aromatic rings. The van der Waals surface area contributed by atoms with E-state index < -0.39 is 4.84 Å². The van der Waals surface area contributed by atoms with E-state index in [2.05, 4.69) is 5.18 Å².